The van der Waals surface area contributed by atoms with Gasteiger partial charge in [-0.1, -0.05) is 43.7 Å². The van der Waals surface area contributed by atoms with E-state index in [-0.39, 0.29) is 11.3 Å². The monoisotopic (exact) mass is 368 g/mol. The van der Waals surface area contributed by atoms with Crippen LogP contribution in [0.5, 0.6) is 5.75 Å². The third kappa shape index (κ3) is 3.05. The van der Waals surface area contributed by atoms with Crippen molar-refractivity contribution in [3.05, 3.63) is 54.1 Å². The molecule has 1 aromatic rings. The number of benzene rings is 1. The summed E-state index contributed by atoms with van der Waals surface area (Å²) in [7, 11) is 0. The fourth-order valence-corrected chi connectivity index (χ4v) is 6.16. The van der Waals surface area contributed by atoms with E-state index in [4.69, 9.17) is 4.74 Å². The fourth-order valence-electron chi connectivity index (χ4n) is 6.16. The quantitative estimate of drug-likeness (QED) is 0.518. The second-order valence-electron chi connectivity index (χ2n) is 9.02. The van der Waals surface area contributed by atoms with Crippen molar-refractivity contribution in [3.8, 4) is 5.75 Å². The third-order valence-corrected chi connectivity index (χ3v) is 7.75. The summed E-state index contributed by atoms with van der Waals surface area (Å²) in [4.78, 5) is 0. The van der Waals surface area contributed by atoms with Crippen LogP contribution in [0.2, 0.25) is 0 Å². The van der Waals surface area contributed by atoms with Crippen LogP contribution in [0.4, 0.5) is 4.39 Å². The predicted octanol–water partition coefficient (Wildman–Crippen LogP) is 7.14. The number of allylic oxidation sites excluding steroid dienone is 4. The molecule has 2 bridgehead atoms. The maximum Gasteiger partial charge on any atom is 0.145 e. The minimum absolute atomic E-state index is 0.199. The van der Waals surface area contributed by atoms with E-state index in [2.05, 4.69) is 25.1 Å². The Kier molecular flexibility index (Phi) is 4.94. The SMILES string of the molecule is CCCC12CCC(C3(F)C=CC=CC3c3ccc(OCC)cc3)(CC1)CC2. The van der Waals surface area contributed by atoms with Crippen LogP contribution >= 0.6 is 0 Å². The van der Waals surface area contributed by atoms with Crippen molar-refractivity contribution in [2.24, 2.45) is 10.8 Å². The van der Waals surface area contributed by atoms with E-state index in [0.29, 0.717) is 12.0 Å². The molecule has 4 aliphatic rings. The smallest absolute Gasteiger partial charge is 0.145 e. The van der Waals surface area contributed by atoms with Gasteiger partial charge >= 0.3 is 0 Å². The summed E-state index contributed by atoms with van der Waals surface area (Å²) in [5.74, 6) is 0.661. The van der Waals surface area contributed by atoms with E-state index >= 15 is 4.39 Å². The van der Waals surface area contributed by atoms with Gasteiger partial charge in [0.2, 0.25) is 0 Å². The second-order valence-corrected chi connectivity index (χ2v) is 9.02. The van der Waals surface area contributed by atoms with Gasteiger partial charge in [-0.25, -0.2) is 4.39 Å². The molecule has 3 fully saturated rings. The van der Waals surface area contributed by atoms with Crippen LogP contribution in [0.25, 0.3) is 0 Å². The van der Waals surface area contributed by atoms with Crippen molar-refractivity contribution >= 4 is 0 Å². The fraction of sp³-hybridized carbons (Fsp3) is 0.600. The molecule has 0 N–H and O–H groups in total. The maximum absolute atomic E-state index is 16.9. The van der Waals surface area contributed by atoms with Gasteiger partial charge in [0.05, 0.1) is 6.61 Å². The Morgan fingerprint density at radius 1 is 0.963 bits per heavy atom. The lowest BCUT2D eigenvalue weighted by Gasteiger charge is -2.59. The molecule has 2 heteroatoms. The minimum Gasteiger partial charge on any atom is -0.494 e. The van der Waals surface area contributed by atoms with E-state index < -0.39 is 5.67 Å². The Bertz CT molecular complexity index is 692. The number of rotatable bonds is 6. The van der Waals surface area contributed by atoms with Crippen LogP contribution in [0.3, 0.4) is 0 Å². The number of alkyl halides is 1. The molecule has 27 heavy (non-hydrogen) atoms. The van der Waals surface area contributed by atoms with Gasteiger partial charge < -0.3 is 4.74 Å². The topological polar surface area (TPSA) is 9.23 Å². The first-order valence-electron chi connectivity index (χ1n) is 10.8. The molecule has 0 spiro atoms. The molecule has 0 radical (unpaired) electrons. The lowest BCUT2D eigenvalue weighted by atomic mass is 9.46. The third-order valence-electron chi connectivity index (χ3n) is 7.75. The molecule has 5 rings (SSSR count). The average molecular weight is 369 g/mol. The number of hydrogen-bond donors (Lipinski definition) is 0. The lowest BCUT2D eigenvalue weighted by molar-refractivity contribution is -0.100. The van der Waals surface area contributed by atoms with Crippen molar-refractivity contribution in [1.29, 1.82) is 0 Å². The standard InChI is InChI=1S/C25H33FO/c1-3-12-23-14-17-24(18-15-23,19-16-23)25(26)13-6-5-7-22(25)20-8-10-21(11-9-20)27-4-2/h5-11,13,22H,3-4,12,14-19H2,1-2H3. The van der Waals surface area contributed by atoms with Gasteiger partial charge in [-0.3, -0.25) is 0 Å². The molecule has 0 saturated heterocycles. The van der Waals surface area contributed by atoms with E-state index in [9.17, 15) is 0 Å². The second kappa shape index (κ2) is 7.11. The Balaban J connectivity index is 1.62. The Morgan fingerprint density at radius 2 is 1.63 bits per heavy atom. The lowest BCUT2D eigenvalue weighted by Crippen LogP contribution is -2.55. The zero-order valence-electron chi connectivity index (χ0n) is 16.8. The summed E-state index contributed by atoms with van der Waals surface area (Å²) < 4.78 is 22.5. The Labute approximate surface area is 163 Å². The largest absolute Gasteiger partial charge is 0.494 e. The van der Waals surface area contributed by atoms with Crippen LogP contribution in [0, 0.1) is 10.8 Å². The molecule has 2 atom stereocenters. The highest BCUT2D eigenvalue weighted by Gasteiger charge is 2.60. The summed E-state index contributed by atoms with van der Waals surface area (Å²) in [5.41, 5.74) is 0.0861. The van der Waals surface area contributed by atoms with Crippen LogP contribution in [0.15, 0.2) is 48.6 Å². The molecule has 2 unspecified atom stereocenters. The molecule has 1 aromatic carbocycles. The highest BCUT2D eigenvalue weighted by molar-refractivity contribution is 5.40. The van der Waals surface area contributed by atoms with E-state index in [1.165, 1.54) is 32.1 Å². The molecule has 3 saturated carbocycles. The summed E-state index contributed by atoms with van der Waals surface area (Å²) in [6.07, 6.45) is 17.2. The van der Waals surface area contributed by atoms with Gasteiger partial charge in [0.1, 0.15) is 11.4 Å². The maximum atomic E-state index is 16.9. The molecule has 146 valence electrons. The van der Waals surface area contributed by atoms with E-state index in [0.717, 1.165) is 30.6 Å². The zero-order valence-corrected chi connectivity index (χ0v) is 16.8. The predicted molar refractivity (Wildman–Crippen MR) is 110 cm³/mol. The van der Waals surface area contributed by atoms with Crippen LogP contribution in [0.1, 0.15) is 76.7 Å². The highest BCUT2D eigenvalue weighted by atomic mass is 19.1. The van der Waals surface area contributed by atoms with E-state index in [1.807, 2.05) is 37.3 Å². The van der Waals surface area contributed by atoms with Crippen molar-refractivity contribution in [2.75, 3.05) is 6.61 Å². The molecule has 1 nitrogen and oxygen atoms in total. The molecule has 0 heterocycles. The van der Waals surface area contributed by atoms with Crippen LogP contribution in [-0.4, -0.2) is 12.3 Å². The first-order chi connectivity index (χ1) is 13.1. The van der Waals surface area contributed by atoms with Crippen LogP contribution < -0.4 is 4.74 Å². The highest BCUT2D eigenvalue weighted by Crippen LogP contribution is 2.66. The van der Waals surface area contributed by atoms with Crippen molar-refractivity contribution in [3.63, 3.8) is 0 Å². The van der Waals surface area contributed by atoms with Gasteiger partial charge in [0.15, 0.2) is 0 Å². The number of ether oxygens (including phenoxy) is 1. The summed E-state index contributed by atoms with van der Waals surface area (Å²) in [6.45, 7) is 4.93. The normalized spacial score (nSPS) is 37.5. The van der Waals surface area contributed by atoms with Gasteiger partial charge in [-0.2, -0.15) is 0 Å². The molecule has 4 aliphatic carbocycles. The van der Waals surface area contributed by atoms with Gasteiger partial charge in [-0.05, 0) is 81.1 Å². The number of hydrogen-bond acceptors (Lipinski definition) is 1. The van der Waals surface area contributed by atoms with Gasteiger partial charge in [0, 0.05) is 11.3 Å². The van der Waals surface area contributed by atoms with Crippen molar-refractivity contribution < 1.29 is 9.13 Å². The first-order valence-corrected chi connectivity index (χ1v) is 10.8. The molecular weight excluding hydrogens is 335 g/mol. The minimum atomic E-state index is -1.28. The molecular formula is C25H33FO. The van der Waals surface area contributed by atoms with Crippen molar-refractivity contribution in [1.82, 2.24) is 0 Å². The summed E-state index contributed by atoms with van der Waals surface area (Å²) in [6, 6.07) is 8.07. The summed E-state index contributed by atoms with van der Waals surface area (Å²) in [5, 5.41) is 0. The zero-order chi connectivity index (χ0) is 19.0. The summed E-state index contributed by atoms with van der Waals surface area (Å²) >= 11 is 0. The van der Waals surface area contributed by atoms with Gasteiger partial charge in [0.25, 0.3) is 0 Å². The molecule has 0 aliphatic heterocycles. The molecule has 0 amide bonds. The van der Waals surface area contributed by atoms with Crippen LogP contribution in [-0.2, 0) is 0 Å². The van der Waals surface area contributed by atoms with Gasteiger partial charge in [-0.15, -0.1) is 0 Å². The average Bonchev–Trinajstić information content (AvgIpc) is 2.71. The Hall–Kier alpha value is -1.57. The molecule has 0 aromatic heterocycles. The van der Waals surface area contributed by atoms with Crippen molar-refractivity contribution in [2.45, 2.75) is 76.8 Å². The Morgan fingerprint density at radius 3 is 2.22 bits per heavy atom. The number of fused-ring (bicyclic) bond motifs is 3. The first kappa shape index (κ1) is 18.8. The number of halogens is 1. The van der Waals surface area contributed by atoms with E-state index in [1.54, 1.807) is 0 Å².